The summed E-state index contributed by atoms with van der Waals surface area (Å²) >= 11 is 0. The van der Waals surface area contributed by atoms with Gasteiger partial charge in [0, 0.05) is 38.2 Å². The van der Waals surface area contributed by atoms with Crippen LogP contribution in [-0.4, -0.2) is 49.5 Å². The summed E-state index contributed by atoms with van der Waals surface area (Å²) in [6.07, 6.45) is 1.01. The molecule has 1 aliphatic rings. The van der Waals surface area contributed by atoms with Crippen LogP contribution in [0.1, 0.15) is 35.7 Å². The van der Waals surface area contributed by atoms with E-state index in [4.69, 9.17) is 0 Å². The molecule has 0 atom stereocenters. The Kier molecular flexibility index (Phi) is 6.49. The quantitative estimate of drug-likeness (QED) is 0.681. The van der Waals surface area contributed by atoms with Gasteiger partial charge in [-0.05, 0) is 37.5 Å². The Labute approximate surface area is 172 Å². The molecule has 0 radical (unpaired) electrons. The van der Waals surface area contributed by atoms with E-state index in [9.17, 15) is 18.0 Å². The number of sulfonamides is 1. The van der Waals surface area contributed by atoms with E-state index in [-0.39, 0.29) is 22.5 Å². The molecule has 1 fully saturated rings. The highest BCUT2D eigenvalue weighted by Crippen LogP contribution is 2.25. The van der Waals surface area contributed by atoms with Crippen molar-refractivity contribution in [1.29, 1.82) is 0 Å². The number of amides is 1. The van der Waals surface area contributed by atoms with E-state index >= 15 is 0 Å². The van der Waals surface area contributed by atoms with Gasteiger partial charge in [-0.1, -0.05) is 42.5 Å². The van der Waals surface area contributed by atoms with Gasteiger partial charge < -0.3 is 4.90 Å². The molecule has 2 aromatic carbocycles. The largest absolute Gasteiger partial charge is 0.341 e. The number of Topliss-reactive ketones (excluding diaryl/α,β-unsaturated/α-hetero) is 1. The van der Waals surface area contributed by atoms with E-state index < -0.39 is 10.0 Å². The van der Waals surface area contributed by atoms with Crippen molar-refractivity contribution < 1.29 is 18.0 Å². The van der Waals surface area contributed by atoms with Crippen LogP contribution in [0.4, 0.5) is 0 Å². The number of ketones is 1. The van der Waals surface area contributed by atoms with Crippen LogP contribution >= 0.6 is 0 Å². The van der Waals surface area contributed by atoms with Crippen LogP contribution in [0, 0.1) is 5.92 Å². The first-order valence-electron chi connectivity index (χ1n) is 9.69. The topological polar surface area (TPSA) is 74.8 Å². The van der Waals surface area contributed by atoms with Crippen molar-refractivity contribution in [3.8, 4) is 0 Å². The SMILES string of the molecule is CC(=O)c1ccc(S(=O)(=O)N2CCC(C(=O)N(C)Cc3ccccc3)CC2)cc1. The number of nitrogens with zero attached hydrogens (tertiary/aromatic N) is 2. The van der Waals surface area contributed by atoms with E-state index in [0.717, 1.165) is 5.56 Å². The Morgan fingerprint density at radius 1 is 1.00 bits per heavy atom. The molecule has 0 aliphatic carbocycles. The molecule has 1 saturated heterocycles. The van der Waals surface area contributed by atoms with Gasteiger partial charge in [-0.2, -0.15) is 4.31 Å². The summed E-state index contributed by atoms with van der Waals surface area (Å²) in [5.74, 6) is -0.222. The first-order chi connectivity index (χ1) is 13.8. The van der Waals surface area contributed by atoms with Crippen LogP contribution < -0.4 is 0 Å². The fourth-order valence-corrected chi connectivity index (χ4v) is 5.07. The zero-order chi connectivity index (χ0) is 21.0. The van der Waals surface area contributed by atoms with Crippen molar-refractivity contribution in [3.05, 3.63) is 65.7 Å². The highest BCUT2D eigenvalue weighted by atomic mass is 32.2. The predicted molar refractivity (Wildman–Crippen MR) is 111 cm³/mol. The zero-order valence-corrected chi connectivity index (χ0v) is 17.6. The average Bonchev–Trinajstić information content (AvgIpc) is 2.74. The minimum absolute atomic E-state index is 0.0525. The third kappa shape index (κ3) is 4.92. The van der Waals surface area contributed by atoms with Crippen molar-refractivity contribution >= 4 is 21.7 Å². The van der Waals surface area contributed by atoms with E-state index in [1.165, 1.54) is 35.5 Å². The predicted octanol–water partition coefficient (Wildman–Crippen LogP) is 2.95. The Morgan fingerprint density at radius 3 is 2.14 bits per heavy atom. The van der Waals surface area contributed by atoms with Crippen LogP contribution in [0.5, 0.6) is 0 Å². The van der Waals surface area contributed by atoms with Crippen LogP contribution in [0.3, 0.4) is 0 Å². The summed E-state index contributed by atoms with van der Waals surface area (Å²) in [5, 5.41) is 0. The second-order valence-corrected chi connectivity index (χ2v) is 9.38. The minimum Gasteiger partial charge on any atom is -0.341 e. The lowest BCUT2D eigenvalue weighted by Gasteiger charge is -2.32. The maximum atomic E-state index is 12.9. The lowest BCUT2D eigenvalue weighted by molar-refractivity contribution is -0.135. The molecular formula is C22H26N2O4S. The lowest BCUT2D eigenvalue weighted by atomic mass is 9.96. The molecule has 0 spiro atoms. The molecule has 0 bridgehead atoms. The molecule has 0 N–H and O–H groups in total. The van der Waals surface area contributed by atoms with Gasteiger partial charge in [-0.25, -0.2) is 8.42 Å². The van der Waals surface area contributed by atoms with Gasteiger partial charge in [0.15, 0.2) is 5.78 Å². The van der Waals surface area contributed by atoms with Crippen LogP contribution in [0.2, 0.25) is 0 Å². The number of hydrogen-bond donors (Lipinski definition) is 0. The number of hydrogen-bond acceptors (Lipinski definition) is 4. The molecule has 0 aromatic heterocycles. The number of piperidine rings is 1. The van der Waals surface area contributed by atoms with E-state index in [0.29, 0.717) is 38.0 Å². The van der Waals surface area contributed by atoms with Gasteiger partial charge in [-0.3, -0.25) is 9.59 Å². The summed E-state index contributed by atoms with van der Waals surface area (Å²) in [6.45, 7) is 2.61. The molecule has 7 heteroatoms. The highest BCUT2D eigenvalue weighted by Gasteiger charge is 2.33. The first-order valence-corrected chi connectivity index (χ1v) is 11.1. The molecule has 1 aliphatic heterocycles. The average molecular weight is 415 g/mol. The molecule has 1 amide bonds. The molecular weight excluding hydrogens is 388 g/mol. The molecule has 2 aromatic rings. The summed E-state index contributed by atoms with van der Waals surface area (Å²) in [7, 11) is -1.84. The maximum absolute atomic E-state index is 12.9. The van der Waals surface area contributed by atoms with Crippen molar-refractivity contribution in [1.82, 2.24) is 9.21 Å². The number of benzene rings is 2. The van der Waals surface area contributed by atoms with Crippen molar-refractivity contribution in [2.24, 2.45) is 5.92 Å². The number of rotatable bonds is 6. The first kappa shape index (κ1) is 21.2. The Hall–Kier alpha value is -2.51. The molecule has 154 valence electrons. The smallest absolute Gasteiger partial charge is 0.243 e. The normalized spacial score (nSPS) is 15.8. The van der Waals surface area contributed by atoms with Crippen LogP contribution in [-0.2, 0) is 21.4 Å². The number of carbonyl (C=O) groups is 2. The van der Waals surface area contributed by atoms with Gasteiger partial charge in [0.05, 0.1) is 4.90 Å². The Morgan fingerprint density at radius 2 is 1.59 bits per heavy atom. The van der Waals surface area contributed by atoms with E-state index in [1.54, 1.807) is 11.9 Å². The zero-order valence-electron chi connectivity index (χ0n) is 16.7. The molecule has 3 rings (SSSR count). The summed E-state index contributed by atoms with van der Waals surface area (Å²) in [5.41, 5.74) is 1.55. The standard InChI is InChI=1S/C22H26N2O4S/c1-17(25)19-8-10-21(11-9-19)29(27,28)24-14-12-20(13-15-24)22(26)23(2)16-18-6-4-3-5-7-18/h3-11,20H,12-16H2,1-2H3. The Bertz CT molecular complexity index is 964. The summed E-state index contributed by atoms with van der Waals surface area (Å²) < 4.78 is 27.2. The van der Waals surface area contributed by atoms with Crippen LogP contribution in [0.15, 0.2) is 59.5 Å². The van der Waals surface area contributed by atoms with Crippen molar-refractivity contribution in [2.45, 2.75) is 31.2 Å². The number of carbonyl (C=O) groups excluding carboxylic acids is 2. The van der Waals surface area contributed by atoms with Gasteiger partial charge in [0.1, 0.15) is 0 Å². The third-order valence-electron chi connectivity index (χ3n) is 5.34. The third-order valence-corrected chi connectivity index (χ3v) is 7.25. The molecule has 29 heavy (non-hydrogen) atoms. The fraction of sp³-hybridized carbons (Fsp3) is 0.364. The van der Waals surface area contributed by atoms with E-state index in [2.05, 4.69) is 0 Å². The summed E-state index contributed by atoms with van der Waals surface area (Å²) in [6, 6.07) is 15.8. The monoisotopic (exact) mass is 414 g/mol. The van der Waals surface area contributed by atoms with Gasteiger partial charge in [0.25, 0.3) is 0 Å². The van der Waals surface area contributed by atoms with Gasteiger partial charge in [-0.15, -0.1) is 0 Å². The lowest BCUT2D eigenvalue weighted by Crippen LogP contribution is -2.43. The summed E-state index contributed by atoms with van der Waals surface area (Å²) in [4.78, 5) is 26.0. The highest BCUT2D eigenvalue weighted by molar-refractivity contribution is 7.89. The fourth-order valence-electron chi connectivity index (χ4n) is 3.60. The second kappa shape index (κ2) is 8.88. The van der Waals surface area contributed by atoms with Gasteiger partial charge in [0.2, 0.25) is 15.9 Å². The minimum atomic E-state index is -3.63. The second-order valence-electron chi connectivity index (χ2n) is 7.44. The van der Waals surface area contributed by atoms with Gasteiger partial charge >= 0.3 is 0 Å². The molecule has 6 nitrogen and oxygen atoms in total. The molecule has 0 unspecified atom stereocenters. The molecule has 1 heterocycles. The van der Waals surface area contributed by atoms with Crippen LogP contribution in [0.25, 0.3) is 0 Å². The Balaban J connectivity index is 1.60. The maximum Gasteiger partial charge on any atom is 0.243 e. The van der Waals surface area contributed by atoms with Crippen molar-refractivity contribution in [3.63, 3.8) is 0 Å². The van der Waals surface area contributed by atoms with Crippen molar-refractivity contribution in [2.75, 3.05) is 20.1 Å². The molecule has 0 saturated carbocycles. The van der Waals surface area contributed by atoms with E-state index in [1.807, 2.05) is 30.3 Å².